The molecule has 178 valence electrons. The second-order valence-corrected chi connectivity index (χ2v) is 6.34. The number of alkyl halides is 3. The molecule has 13 heteroatoms. The number of nitrogens with one attached hydrogen (secondary N) is 1. The predicted octanol–water partition coefficient (Wildman–Crippen LogP) is 4.45. The van der Waals surface area contributed by atoms with Crippen molar-refractivity contribution < 1.29 is 41.1 Å². The van der Waals surface area contributed by atoms with Crippen molar-refractivity contribution >= 4 is 11.6 Å². The Kier molecular flexibility index (Phi) is 7.24. The van der Waals surface area contributed by atoms with Crippen LogP contribution in [-0.2, 0) is 15.8 Å². The Hall–Kier alpha value is -4.29. The highest BCUT2D eigenvalue weighted by Gasteiger charge is 2.34. The number of carbonyl (C=O) groups excluding carboxylic acids is 1. The minimum atomic E-state index is -4.77. The van der Waals surface area contributed by atoms with Crippen molar-refractivity contribution in [2.24, 2.45) is 5.16 Å². The van der Waals surface area contributed by atoms with Gasteiger partial charge < -0.3 is 19.6 Å². The van der Waals surface area contributed by atoms with Crippen LogP contribution in [0.3, 0.4) is 0 Å². The minimum absolute atomic E-state index is 0.0921. The molecule has 0 bridgehead atoms. The summed E-state index contributed by atoms with van der Waals surface area (Å²) in [6.45, 7) is 0. The van der Waals surface area contributed by atoms with E-state index < -0.39 is 52.5 Å². The predicted molar refractivity (Wildman–Crippen MR) is 108 cm³/mol. The Morgan fingerprint density at radius 2 is 1.65 bits per heavy atom. The van der Waals surface area contributed by atoms with Gasteiger partial charge in [0.15, 0.2) is 5.71 Å². The van der Waals surface area contributed by atoms with E-state index in [2.05, 4.69) is 25.3 Å². The smallest absolute Gasteiger partial charge is 0.419 e. The van der Waals surface area contributed by atoms with E-state index in [0.29, 0.717) is 0 Å². The lowest BCUT2D eigenvalue weighted by Gasteiger charge is -2.15. The van der Waals surface area contributed by atoms with E-state index in [-0.39, 0.29) is 11.3 Å². The van der Waals surface area contributed by atoms with Crippen LogP contribution in [-0.4, -0.2) is 35.7 Å². The molecule has 2 aromatic carbocycles. The number of carbonyl (C=O) groups is 1. The van der Waals surface area contributed by atoms with Crippen LogP contribution in [0.4, 0.5) is 22.0 Å². The zero-order chi connectivity index (χ0) is 24.9. The van der Waals surface area contributed by atoms with Crippen LogP contribution in [0.2, 0.25) is 0 Å². The largest absolute Gasteiger partial charge is 0.436 e. The van der Waals surface area contributed by atoms with Crippen LogP contribution >= 0.6 is 0 Å². The summed E-state index contributed by atoms with van der Waals surface area (Å²) >= 11 is 0. The van der Waals surface area contributed by atoms with Gasteiger partial charge in [0.05, 0.1) is 11.1 Å². The number of para-hydroxylation sites is 1. The van der Waals surface area contributed by atoms with E-state index >= 15 is 0 Å². The van der Waals surface area contributed by atoms with E-state index in [4.69, 9.17) is 9.47 Å². The fourth-order valence-corrected chi connectivity index (χ4v) is 2.68. The van der Waals surface area contributed by atoms with E-state index in [0.717, 1.165) is 42.7 Å². The number of oxime groups is 1. The van der Waals surface area contributed by atoms with Crippen LogP contribution in [0.5, 0.6) is 23.3 Å². The number of halogens is 5. The SMILES string of the molecule is CNC(=O)/C(=N/OC)c1ccc(F)cc1Oc1ncnc(Oc2ccccc2C(F)(F)F)c1F. The van der Waals surface area contributed by atoms with Gasteiger partial charge in [-0.05, 0) is 24.3 Å². The number of aromatic nitrogens is 2. The third kappa shape index (κ3) is 5.36. The Morgan fingerprint density at radius 1 is 1.00 bits per heavy atom. The standard InChI is InChI=1S/C21H15F5N4O4/c1-27-18(31)17(30-32-2)12-8-7-11(22)9-15(12)34-20-16(23)19(28-10-29-20)33-14-6-4-3-5-13(14)21(24,25)26/h3-10H,1-2H3,(H,27,31)/b30-17+. The zero-order valence-corrected chi connectivity index (χ0v) is 17.5. The maximum absolute atomic E-state index is 15.0. The second kappa shape index (κ2) is 10.1. The lowest BCUT2D eigenvalue weighted by molar-refractivity contribution is -0.138. The summed E-state index contributed by atoms with van der Waals surface area (Å²) in [6.07, 6.45) is -4.00. The van der Waals surface area contributed by atoms with E-state index in [1.807, 2.05) is 0 Å². The van der Waals surface area contributed by atoms with Crippen molar-refractivity contribution in [2.45, 2.75) is 6.18 Å². The molecule has 0 atom stereocenters. The molecule has 1 amide bonds. The molecule has 0 saturated carbocycles. The summed E-state index contributed by atoms with van der Waals surface area (Å²) in [4.78, 5) is 23.9. The molecule has 3 rings (SSSR count). The van der Waals surface area contributed by atoms with Gasteiger partial charge in [0.1, 0.15) is 30.8 Å². The van der Waals surface area contributed by atoms with E-state index in [1.54, 1.807) is 0 Å². The van der Waals surface area contributed by atoms with Gasteiger partial charge in [-0.25, -0.2) is 4.39 Å². The number of amides is 1. The number of hydrogen-bond acceptors (Lipinski definition) is 7. The van der Waals surface area contributed by atoms with Gasteiger partial charge in [-0.15, -0.1) is 0 Å². The highest BCUT2D eigenvalue weighted by Crippen LogP contribution is 2.39. The molecule has 0 aliphatic carbocycles. The third-order valence-corrected chi connectivity index (χ3v) is 4.15. The first kappa shape index (κ1) is 24.4. The van der Waals surface area contributed by atoms with Gasteiger partial charge in [0.2, 0.25) is 5.82 Å². The van der Waals surface area contributed by atoms with E-state index in [9.17, 15) is 26.7 Å². The summed E-state index contributed by atoms with van der Waals surface area (Å²) in [6, 6.07) is 7.08. The molecular formula is C21H15F5N4O4. The third-order valence-electron chi connectivity index (χ3n) is 4.15. The fraction of sp³-hybridized carbons (Fsp3) is 0.143. The molecule has 0 unspecified atom stereocenters. The van der Waals surface area contributed by atoms with Gasteiger partial charge in [0.25, 0.3) is 17.7 Å². The summed E-state index contributed by atoms with van der Waals surface area (Å²) in [5.74, 6) is -5.70. The fourth-order valence-electron chi connectivity index (χ4n) is 2.68. The average Bonchev–Trinajstić information content (AvgIpc) is 2.80. The van der Waals surface area contributed by atoms with Crippen molar-refractivity contribution in [3.05, 3.63) is 71.6 Å². The van der Waals surface area contributed by atoms with Crippen molar-refractivity contribution in [1.29, 1.82) is 0 Å². The highest BCUT2D eigenvalue weighted by molar-refractivity contribution is 6.45. The topological polar surface area (TPSA) is 94.9 Å². The molecule has 1 N–H and O–H groups in total. The van der Waals surface area contributed by atoms with E-state index in [1.165, 1.54) is 20.2 Å². The molecule has 1 aromatic heterocycles. The van der Waals surface area contributed by atoms with Gasteiger partial charge in [-0.3, -0.25) is 4.79 Å². The quantitative estimate of drug-likeness (QED) is 0.304. The molecule has 1 heterocycles. The first-order chi connectivity index (χ1) is 16.2. The molecule has 0 radical (unpaired) electrons. The monoisotopic (exact) mass is 482 g/mol. The van der Waals surface area contributed by atoms with Gasteiger partial charge in [-0.2, -0.15) is 27.5 Å². The van der Waals surface area contributed by atoms with Crippen LogP contribution in [0.1, 0.15) is 11.1 Å². The first-order valence-corrected chi connectivity index (χ1v) is 9.31. The molecule has 8 nitrogen and oxygen atoms in total. The summed E-state index contributed by atoms with van der Waals surface area (Å²) in [5.41, 5.74) is -1.58. The molecule has 34 heavy (non-hydrogen) atoms. The van der Waals surface area contributed by atoms with Crippen molar-refractivity contribution in [3.63, 3.8) is 0 Å². The van der Waals surface area contributed by atoms with Crippen LogP contribution in [0.15, 0.2) is 53.9 Å². The molecular weight excluding hydrogens is 467 g/mol. The summed E-state index contributed by atoms with van der Waals surface area (Å²) in [5, 5.41) is 5.88. The maximum atomic E-state index is 15.0. The molecule has 0 aliphatic heterocycles. The minimum Gasteiger partial charge on any atom is -0.436 e. The van der Waals surface area contributed by atoms with Gasteiger partial charge in [0, 0.05) is 13.1 Å². The number of ether oxygens (including phenoxy) is 2. The molecule has 0 spiro atoms. The normalized spacial score (nSPS) is 11.7. The van der Waals surface area contributed by atoms with Crippen molar-refractivity contribution in [3.8, 4) is 23.3 Å². The Labute approximate surface area is 189 Å². The lowest BCUT2D eigenvalue weighted by atomic mass is 10.1. The average molecular weight is 482 g/mol. The van der Waals surface area contributed by atoms with Crippen LogP contribution < -0.4 is 14.8 Å². The van der Waals surface area contributed by atoms with Crippen LogP contribution in [0, 0.1) is 11.6 Å². The van der Waals surface area contributed by atoms with Gasteiger partial charge >= 0.3 is 6.18 Å². The second-order valence-electron chi connectivity index (χ2n) is 6.34. The summed E-state index contributed by atoms with van der Waals surface area (Å²) < 4.78 is 78.9. The Bertz CT molecular complexity index is 1230. The molecule has 0 fully saturated rings. The number of rotatable bonds is 7. The number of likely N-dealkylation sites (N-methyl/N-ethyl adjacent to an activating group) is 1. The molecule has 0 saturated heterocycles. The Morgan fingerprint density at radius 3 is 2.26 bits per heavy atom. The van der Waals surface area contributed by atoms with Gasteiger partial charge in [-0.1, -0.05) is 17.3 Å². The van der Waals surface area contributed by atoms with Crippen molar-refractivity contribution in [1.82, 2.24) is 15.3 Å². The van der Waals surface area contributed by atoms with Crippen molar-refractivity contribution in [2.75, 3.05) is 14.2 Å². The molecule has 0 aliphatic rings. The zero-order valence-electron chi connectivity index (χ0n) is 17.5. The first-order valence-electron chi connectivity index (χ1n) is 9.31. The van der Waals surface area contributed by atoms with Crippen LogP contribution in [0.25, 0.3) is 0 Å². The maximum Gasteiger partial charge on any atom is 0.419 e. The highest BCUT2D eigenvalue weighted by atomic mass is 19.4. The number of benzene rings is 2. The lowest BCUT2D eigenvalue weighted by Crippen LogP contribution is -2.29. The Balaban J connectivity index is 2.01. The number of hydrogen-bond donors (Lipinski definition) is 1. The summed E-state index contributed by atoms with van der Waals surface area (Å²) in [7, 11) is 2.48. The molecule has 3 aromatic rings. The number of nitrogens with zero attached hydrogens (tertiary/aromatic N) is 3.